The SMILES string of the molecule is Cc1ccc(NC(=O)CCN2C(=S)N[C@H](c3ccccn3)[C@@H]2c2ccc(-c3ccc([N+](=O)[O-])cc3)o2)cc1. The highest BCUT2D eigenvalue weighted by Gasteiger charge is 2.41. The molecule has 0 saturated carbocycles. The summed E-state index contributed by atoms with van der Waals surface area (Å²) in [6.07, 6.45) is 1.94. The van der Waals surface area contributed by atoms with Gasteiger partial charge in [0, 0.05) is 42.5 Å². The summed E-state index contributed by atoms with van der Waals surface area (Å²) in [6.45, 7) is 2.36. The molecule has 9 nitrogen and oxygen atoms in total. The van der Waals surface area contributed by atoms with Crippen LogP contribution in [0.4, 0.5) is 11.4 Å². The molecule has 1 amide bonds. The predicted octanol–water partition coefficient (Wildman–Crippen LogP) is 5.56. The van der Waals surface area contributed by atoms with Gasteiger partial charge in [-0.25, -0.2) is 0 Å². The molecule has 1 fully saturated rings. The minimum Gasteiger partial charge on any atom is -0.459 e. The standard InChI is InChI=1S/C28H25N5O4S/c1-18-5-9-20(10-6-18)30-25(34)15-17-32-27(26(31-28(32)38)22-4-2-3-16-29-22)24-14-13-23(37-24)19-7-11-21(12-8-19)33(35)36/h2-14,16,26-27H,15,17H2,1H3,(H,30,34)(H,31,38)/t26-,27+/m1/s1. The molecule has 0 radical (unpaired) electrons. The Morgan fingerprint density at radius 3 is 2.55 bits per heavy atom. The number of pyridine rings is 1. The normalized spacial score (nSPS) is 16.8. The van der Waals surface area contributed by atoms with Gasteiger partial charge in [-0.1, -0.05) is 23.8 Å². The average Bonchev–Trinajstić information content (AvgIpc) is 3.54. The summed E-state index contributed by atoms with van der Waals surface area (Å²) < 4.78 is 6.26. The Labute approximate surface area is 224 Å². The van der Waals surface area contributed by atoms with E-state index in [0.29, 0.717) is 28.7 Å². The molecule has 3 heterocycles. The molecular formula is C28H25N5O4S. The smallest absolute Gasteiger partial charge is 0.269 e. The van der Waals surface area contributed by atoms with Crippen LogP contribution in [0.15, 0.2) is 89.5 Å². The molecule has 5 rings (SSSR count). The van der Waals surface area contributed by atoms with E-state index in [-0.39, 0.29) is 30.1 Å². The lowest BCUT2D eigenvalue weighted by Crippen LogP contribution is -2.32. The Bertz CT molecular complexity index is 1450. The van der Waals surface area contributed by atoms with Crippen LogP contribution in [0, 0.1) is 17.0 Å². The molecule has 10 heteroatoms. The van der Waals surface area contributed by atoms with Gasteiger partial charge >= 0.3 is 0 Å². The summed E-state index contributed by atoms with van der Waals surface area (Å²) in [5, 5.41) is 17.8. The van der Waals surface area contributed by atoms with Crippen LogP contribution < -0.4 is 10.6 Å². The number of nitrogens with one attached hydrogen (secondary N) is 2. The predicted molar refractivity (Wildman–Crippen MR) is 147 cm³/mol. The number of nitrogens with zero attached hydrogens (tertiary/aromatic N) is 3. The zero-order valence-corrected chi connectivity index (χ0v) is 21.4. The van der Waals surface area contributed by atoms with Crippen molar-refractivity contribution in [3.8, 4) is 11.3 Å². The molecule has 0 unspecified atom stereocenters. The Morgan fingerprint density at radius 2 is 1.87 bits per heavy atom. The van der Waals surface area contributed by atoms with Crippen molar-refractivity contribution >= 4 is 34.6 Å². The van der Waals surface area contributed by atoms with Crippen molar-refractivity contribution in [2.75, 3.05) is 11.9 Å². The fourth-order valence-electron chi connectivity index (χ4n) is 4.45. The topological polar surface area (TPSA) is 114 Å². The average molecular weight is 528 g/mol. The molecule has 2 aromatic carbocycles. The molecular weight excluding hydrogens is 502 g/mol. The van der Waals surface area contributed by atoms with E-state index in [2.05, 4.69) is 15.6 Å². The number of nitro benzene ring substituents is 1. The van der Waals surface area contributed by atoms with Gasteiger partial charge in [-0.3, -0.25) is 19.9 Å². The summed E-state index contributed by atoms with van der Waals surface area (Å²) in [7, 11) is 0. The van der Waals surface area contributed by atoms with E-state index in [1.807, 2.05) is 66.4 Å². The van der Waals surface area contributed by atoms with Crippen LogP contribution in [0.2, 0.25) is 0 Å². The maximum absolute atomic E-state index is 12.7. The van der Waals surface area contributed by atoms with Gasteiger partial charge in [0.05, 0.1) is 16.7 Å². The third-order valence-corrected chi connectivity index (χ3v) is 6.75. The van der Waals surface area contributed by atoms with Crippen molar-refractivity contribution < 1.29 is 14.1 Å². The lowest BCUT2D eigenvalue weighted by molar-refractivity contribution is -0.384. The van der Waals surface area contributed by atoms with Crippen molar-refractivity contribution in [2.45, 2.75) is 25.4 Å². The third kappa shape index (κ3) is 5.40. The van der Waals surface area contributed by atoms with Gasteiger partial charge < -0.3 is 20.0 Å². The van der Waals surface area contributed by atoms with Gasteiger partial charge in [-0.05, 0) is 67.7 Å². The van der Waals surface area contributed by atoms with Gasteiger partial charge in [0.1, 0.15) is 17.6 Å². The maximum atomic E-state index is 12.7. The van der Waals surface area contributed by atoms with Crippen LogP contribution >= 0.6 is 12.2 Å². The minimum atomic E-state index is -0.438. The fourth-order valence-corrected chi connectivity index (χ4v) is 4.78. The second-order valence-corrected chi connectivity index (χ2v) is 9.38. The number of rotatable bonds is 8. The lowest BCUT2D eigenvalue weighted by Gasteiger charge is -2.25. The minimum absolute atomic E-state index is 0.0103. The number of anilines is 1. The number of carbonyl (C=O) groups is 1. The Kier molecular flexibility index (Phi) is 7.14. The lowest BCUT2D eigenvalue weighted by atomic mass is 10.0. The summed E-state index contributed by atoms with van der Waals surface area (Å²) >= 11 is 5.68. The molecule has 38 heavy (non-hydrogen) atoms. The van der Waals surface area contributed by atoms with E-state index < -0.39 is 4.92 Å². The molecule has 4 aromatic rings. The summed E-state index contributed by atoms with van der Waals surface area (Å²) in [5.74, 6) is 1.09. The molecule has 1 saturated heterocycles. The van der Waals surface area contributed by atoms with Crippen LogP contribution in [-0.4, -0.2) is 32.4 Å². The van der Waals surface area contributed by atoms with Crippen LogP contribution in [0.5, 0.6) is 0 Å². The Hall–Kier alpha value is -4.57. The third-order valence-electron chi connectivity index (χ3n) is 6.39. The molecule has 2 aromatic heterocycles. The second-order valence-electron chi connectivity index (χ2n) is 8.99. The molecule has 0 bridgehead atoms. The molecule has 192 valence electrons. The van der Waals surface area contributed by atoms with Crippen molar-refractivity contribution in [1.29, 1.82) is 0 Å². The number of hydrogen-bond donors (Lipinski definition) is 2. The first kappa shape index (κ1) is 25.1. The quantitative estimate of drug-likeness (QED) is 0.174. The first-order chi connectivity index (χ1) is 18.4. The maximum Gasteiger partial charge on any atom is 0.269 e. The molecule has 2 atom stereocenters. The van der Waals surface area contributed by atoms with E-state index in [1.54, 1.807) is 18.3 Å². The highest BCUT2D eigenvalue weighted by molar-refractivity contribution is 7.80. The highest BCUT2D eigenvalue weighted by atomic mass is 32.1. The first-order valence-corrected chi connectivity index (χ1v) is 12.5. The van der Waals surface area contributed by atoms with Gasteiger partial charge in [0.15, 0.2) is 5.11 Å². The molecule has 0 aliphatic carbocycles. The first-order valence-electron chi connectivity index (χ1n) is 12.1. The summed E-state index contributed by atoms with van der Waals surface area (Å²) in [4.78, 5) is 29.8. The fraction of sp³-hybridized carbons (Fsp3) is 0.179. The van der Waals surface area contributed by atoms with E-state index in [4.69, 9.17) is 16.6 Å². The summed E-state index contributed by atoms with van der Waals surface area (Å²) in [6, 6.07) is 22.6. The van der Waals surface area contributed by atoms with Gasteiger partial charge in [-0.15, -0.1) is 0 Å². The van der Waals surface area contributed by atoms with Crippen LogP contribution in [0.3, 0.4) is 0 Å². The number of non-ortho nitro benzene ring substituents is 1. The number of thiocarbonyl (C=S) groups is 1. The number of hydrogen-bond acceptors (Lipinski definition) is 6. The van der Waals surface area contributed by atoms with Crippen LogP contribution in [0.25, 0.3) is 11.3 Å². The number of nitro groups is 1. The van der Waals surface area contributed by atoms with Gasteiger partial charge in [0.2, 0.25) is 5.91 Å². The van der Waals surface area contributed by atoms with E-state index in [0.717, 1.165) is 16.9 Å². The number of aryl methyl sites for hydroxylation is 1. The van der Waals surface area contributed by atoms with Crippen molar-refractivity contribution in [2.24, 2.45) is 0 Å². The molecule has 2 N–H and O–H groups in total. The number of benzene rings is 2. The molecule has 0 spiro atoms. The number of amides is 1. The van der Waals surface area contributed by atoms with Crippen molar-refractivity contribution in [1.82, 2.24) is 15.2 Å². The number of furan rings is 1. The largest absolute Gasteiger partial charge is 0.459 e. The second kappa shape index (κ2) is 10.8. The van der Waals surface area contributed by atoms with Gasteiger partial charge in [0.25, 0.3) is 5.69 Å². The monoisotopic (exact) mass is 527 g/mol. The van der Waals surface area contributed by atoms with E-state index >= 15 is 0 Å². The van der Waals surface area contributed by atoms with Gasteiger partial charge in [-0.2, -0.15) is 0 Å². The Balaban J connectivity index is 1.38. The van der Waals surface area contributed by atoms with Crippen LogP contribution in [0.1, 0.15) is 35.5 Å². The van der Waals surface area contributed by atoms with E-state index in [1.165, 1.54) is 12.1 Å². The zero-order valence-electron chi connectivity index (χ0n) is 20.5. The number of carbonyl (C=O) groups excluding carboxylic acids is 1. The number of aromatic nitrogens is 1. The van der Waals surface area contributed by atoms with Crippen molar-refractivity contribution in [3.05, 3.63) is 112 Å². The Morgan fingerprint density at radius 1 is 1.11 bits per heavy atom. The highest BCUT2D eigenvalue weighted by Crippen LogP contribution is 2.40. The molecule has 1 aliphatic heterocycles. The summed E-state index contributed by atoms with van der Waals surface area (Å²) in [5.41, 5.74) is 3.38. The van der Waals surface area contributed by atoms with E-state index in [9.17, 15) is 14.9 Å². The molecule has 1 aliphatic rings. The van der Waals surface area contributed by atoms with Crippen LogP contribution in [-0.2, 0) is 4.79 Å². The zero-order chi connectivity index (χ0) is 26.6. The van der Waals surface area contributed by atoms with Crippen molar-refractivity contribution in [3.63, 3.8) is 0 Å².